The monoisotopic (exact) mass is 148 g/mol. The predicted molar refractivity (Wildman–Crippen MR) is 35.5 cm³/mol. The lowest BCUT2D eigenvalue weighted by atomic mass is 10.5. The third kappa shape index (κ3) is 3.05. The van der Waals surface area contributed by atoms with Crippen LogP contribution < -0.4 is 0 Å². The van der Waals surface area contributed by atoms with Crippen molar-refractivity contribution in [1.29, 1.82) is 0 Å². The molecule has 1 N–H and O–H groups in total. The summed E-state index contributed by atoms with van der Waals surface area (Å²) >= 11 is 0. The van der Waals surface area contributed by atoms with E-state index in [1.807, 2.05) is 0 Å². The van der Waals surface area contributed by atoms with Gasteiger partial charge in [0.15, 0.2) is 0 Å². The minimum atomic E-state index is -4.05. The molecule has 0 fully saturated rings. The van der Waals surface area contributed by atoms with Gasteiger partial charge in [0.25, 0.3) is 10.1 Å². The third-order valence-corrected chi connectivity index (χ3v) is 1.48. The van der Waals surface area contributed by atoms with Crippen molar-refractivity contribution in [2.75, 3.05) is 0 Å². The first-order valence-corrected chi connectivity index (χ1v) is 3.71. The summed E-state index contributed by atoms with van der Waals surface area (Å²) in [6.07, 6.45) is 2.70. The molecular formula is C5H8O3S. The van der Waals surface area contributed by atoms with Crippen LogP contribution in [-0.2, 0) is 10.1 Å². The van der Waals surface area contributed by atoms with Crippen molar-refractivity contribution in [2.24, 2.45) is 0 Å². The Morgan fingerprint density at radius 2 is 2.11 bits per heavy atom. The normalized spacial score (nSPS) is 12.2. The zero-order chi connectivity index (χ0) is 7.49. The molecule has 0 rings (SSSR count). The van der Waals surface area contributed by atoms with Crippen LogP contribution in [0.15, 0.2) is 23.6 Å². The van der Waals surface area contributed by atoms with Crippen molar-refractivity contribution < 1.29 is 13.0 Å². The van der Waals surface area contributed by atoms with E-state index >= 15 is 0 Å². The second-order valence-corrected chi connectivity index (χ2v) is 2.92. The van der Waals surface area contributed by atoms with Gasteiger partial charge in [-0.25, -0.2) is 0 Å². The lowest BCUT2D eigenvalue weighted by Crippen LogP contribution is -1.96. The molecule has 9 heavy (non-hydrogen) atoms. The average molecular weight is 148 g/mol. The van der Waals surface area contributed by atoms with Crippen molar-refractivity contribution in [3.05, 3.63) is 23.6 Å². The number of allylic oxidation sites excluding steroid dienone is 2. The van der Waals surface area contributed by atoms with Crippen LogP contribution in [0.4, 0.5) is 0 Å². The molecule has 0 aliphatic carbocycles. The van der Waals surface area contributed by atoms with Gasteiger partial charge in [0.2, 0.25) is 0 Å². The largest absolute Gasteiger partial charge is 0.293 e. The molecule has 0 aromatic rings. The minimum absolute atomic E-state index is 0.287. The van der Waals surface area contributed by atoms with Crippen LogP contribution in [0.3, 0.4) is 0 Å². The lowest BCUT2D eigenvalue weighted by molar-refractivity contribution is 0.492. The van der Waals surface area contributed by atoms with Gasteiger partial charge < -0.3 is 0 Å². The van der Waals surface area contributed by atoms with E-state index in [1.54, 1.807) is 6.92 Å². The fourth-order valence-corrected chi connectivity index (χ4v) is 0.580. The van der Waals surface area contributed by atoms with E-state index < -0.39 is 10.1 Å². The van der Waals surface area contributed by atoms with Crippen LogP contribution in [0, 0.1) is 0 Å². The Kier molecular flexibility index (Phi) is 2.61. The van der Waals surface area contributed by atoms with Crippen LogP contribution in [0.5, 0.6) is 0 Å². The molecule has 0 saturated carbocycles. The zero-order valence-corrected chi connectivity index (χ0v) is 5.85. The Morgan fingerprint density at radius 3 is 2.22 bits per heavy atom. The van der Waals surface area contributed by atoms with Gasteiger partial charge in [-0.1, -0.05) is 12.7 Å². The number of hydrogen-bond donors (Lipinski definition) is 1. The molecule has 0 aromatic heterocycles. The highest BCUT2D eigenvalue weighted by atomic mass is 32.2. The van der Waals surface area contributed by atoms with E-state index in [4.69, 9.17) is 4.55 Å². The molecule has 52 valence electrons. The predicted octanol–water partition coefficient (Wildman–Crippen LogP) is 0.964. The summed E-state index contributed by atoms with van der Waals surface area (Å²) in [7, 11) is -4.05. The van der Waals surface area contributed by atoms with E-state index in [1.165, 1.54) is 12.2 Å². The topological polar surface area (TPSA) is 54.4 Å². The van der Waals surface area contributed by atoms with E-state index in [0.717, 1.165) is 0 Å². The molecule has 0 radical (unpaired) electrons. The van der Waals surface area contributed by atoms with Crippen LogP contribution in [0.2, 0.25) is 0 Å². The molecule has 0 spiro atoms. The van der Waals surface area contributed by atoms with Crippen molar-refractivity contribution in [3.8, 4) is 0 Å². The van der Waals surface area contributed by atoms with Crippen molar-refractivity contribution in [3.63, 3.8) is 0 Å². The van der Waals surface area contributed by atoms with E-state index in [9.17, 15) is 8.42 Å². The smallest absolute Gasteiger partial charge is 0.282 e. The first kappa shape index (κ1) is 8.39. The molecule has 0 saturated heterocycles. The first-order chi connectivity index (χ1) is 3.98. The Morgan fingerprint density at radius 1 is 1.67 bits per heavy atom. The lowest BCUT2D eigenvalue weighted by Gasteiger charge is -1.89. The van der Waals surface area contributed by atoms with Crippen LogP contribution >= 0.6 is 0 Å². The maximum atomic E-state index is 10.1. The fourth-order valence-electron chi connectivity index (χ4n) is 0.272. The second-order valence-electron chi connectivity index (χ2n) is 1.44. The van der Waals surface area contributed by atoms with Gasteiger partial charge >= 0.3 is 0 Å². The first-order valence-electron chi connectivity index (χ1n) is 2.27. The van der Waals surface area contributed by atoms with Crippen LogP contribution in [0.1, 0.15) is 6.92 Å². The third-order valence-electron chi connectivity index (χ3n) is 0.684. The maximum Gasteiger partial charge on any atom is 0.293 e. The summed E-state index contributed by atoms with van der Waals surface area (Å²) in [5, 5.41) is 0. The van der Waals surface area contributed by atoms with E-state index in [0.29, 0.717) is 0 Å². The van der Waals surface area contributed by atoms with Gasteiger partial charge in [-0.15, -0.1) is 0 Å². The molecular weight excluding hydrogens is 140 g/mol. The maximum absolute atomic E-state index is 10.1. The molecule has 0 bridgehead atoms. The molecule has 0 aliphatic rings. The van der Waals surface area contributed by atoms with Crippen molar-refractivity contribution >= 4 is 10.1 Å². The fraction of sp³-hybridized carbons (Fsp3) is 0.200. The molecule has 3 nitrogen and oxygen atoms in total. The second kappa shape index (κ2) is 2.80. The highest BCUT2D eigenvalue weighted by molar-refractivity contribution is 7.90. The summed E-state index contributed by atoms with van der Waals surface area (Å²) in [4.78, 5) is -0.287. The zero-order valence-electron chi connectivity index (χ0n) is 5.03. The quantitative estimate of drug-likeness (QED) is 0.469. The van der Waals surface area contributed by atoms with Crippen molar-refractivity contribution in [1.82, 2.24) is 0 Å². The molecule has 0 heterocycles. The molecule has 0 aliphatic heterocycles. The number of hydrogen-bond acceptors (Lipinski definition) is 2. The summed E-state index contributed by atoms with van der Waals surface area (Å²) in [6, 6.07) is 0. The molecule has 0 unspecified atom stereocenters. The van der Waals surface area contributed by atoms with Gasteiger partial charge in [0, 0.05) is 0 Å². The van der Waals surface area contributed by atoms with Gasteiger partial charge in [0.1, 0.15) is 0 Å². The van der Waals surface area contributed by atoms with Crippen molar-refractivity contribution in [2.45, 2.75) is 6.92 Å². The summed E-state index contributed by atoms with van der Waals surface area (Å²) < 4.78 is 28.5. The molecule has 0 atom stereocenters. The highest BCUT2D eigenvalue weighted by Crippen LogP contribution is 2.00. The van der Waals surface area contributed by atoms with Gasteiger partial charge in [-0.2, -0.15) is 8.42 Å². The van der Waals surface area contributed by atoms with Crippen LogP contribution in [0.25, 0.3) is 0 Å². The Hall–Kier alpha value is -0.610. The Labute approximate surface area is 54.4 Å². The van der Waals surface area contributed by atoms with Crippen LogP contribution in [-0.4, -0.2) is 13.0 Å². The molecule has 0 amide bonds. The molecule has 0 aromatic carbocycles. The summed E-state index contributed by atoms with van der Waals surface area (Å²) in [6.45, 7) is 4.73. The Balaban J connectivity index is 4.45. The Bertz CT molecular complexity index is 223. The minimum Gasteiger partial charge on any atom is -0.282 e. The average Bonchev–Trinajstić information content (AvgIpc) is 1.64. The highest BCUT2D eigenvalue weighted by Gasteiger charge is 2.04. The van der Waals surface area contributed by atoms with E-state index in [-0.39, 0.29) is 4.91 Å². The summed E-state index contributed by atoms with van der Waals surface area (Å²) in [5.74, 6) is 0. The van der Waals surface area contributed by atoms with E-state index in [2.05, 4.69) is 6.58 Å². The standard InChI is InChI=1S/C5H8O3S/c1-3-4-5(2)9(6,7)8/h3-4H,2H2,1H3,(H,6,7,8)/b4-3+. The van der Waals surface area contributed by atoms with Gasteiger partial charge in [-0.05, 0) is 13.0 Å². The SMILES string of the molecule is C=C(/C=C/C)S(=O)(=O)O. The number of rotatable bonds is 2. The summed E-state index contributed by atoms with van der Waals surface area (Å²) in [5.41, 5.74) is 0. The van der Waals surface area contributed by atoms with Gasteiger partial charge in [-0.3, -0.25) is 4.55 Å². The van der Waals surface area contributed by atoms with Gasteiger partial charge in [0.05, 0.1) is 4.91 Å². The molecule has 4 heteroatoms.